The molecular formula is C23H25ClN2O6S4. The van der Waals surface area contributed by atoms with Crippen LogP contribution in [-0.4, -0.2) is 44.0 Å². The SMILES string of the molecule is CCc1ccc2c(c1)N(CCCS(=O)(=O)O)/C(=C/c1sc3ccc(Cl)cc3[n+]1CCCS(=O)(=O)[O-])S2. The molecule has 8 nitrogen and oxygen atoms in total. The molecule has 0 bridgehead atoms. The number of hydrogen-bond acceptors (Lipinski definition) is 8. The maximum absolute atomic E-state index is 11.3. The van der Waals surface area contributed by atoms with Crippen molar-refractivity contribution in [3.8, 4) is 0 Å². The Bertz CT molecular complexity index is 1530. The average Bonchev–Trinajstić information content (AvgIpc) is 3.29. The fraction of sp³-hybridized carbons (Fsp3) is 0.348. The molecule has 0 atom stereocenters. The molecular weight excluding hydrogens is 564 g/mol. The second kappa shape index (κ2) is 11.0. The fourth-order valence-corrected chi connectivity index (χ4v) is 7.46. The van der Waals surface area contributed by atoms with E-state index in [4.69, 9.17) is 11.6 Å². The molecule has 0 saturated carbocycles. The van der Waals surface area contributed by atoms with Gasteiger partial charge in [-0.2, -0.15) is 13.0 Å². The van der Waals surface area contributed by atoms with Gasteiger partial charge in [0, 0.05) is 34.7 Å². The molecule has 36 heavy (non-hydrogen) atoms. The monoisotopic (exact) mass is 588 g/mol. The van der Waals surface area contributed by atoms with E-state index in [0.29, 0.717) is 18.1 Å². The number of thioether (sulfide) groups is 1. The topological polar surface area (TPSA) is 119 Å². The van der Waals surface area contributed by atoms with Crippen molar-refractivity contribution in [1.82, 2.24) is 0 Å². The quantitative estimate of drug-likeness (QED) is 0.271. The first kappa shape index (κ1) is 27.4. The largest absolute Gasteiger partial charge is 0.748 e. The highest BCUT2D eigenvalue weighted by atomic mass is 35.5. The number of nitrogens with zero attached hydrogens (tertiary/aromatic N) is 2. The number of hydrogen-bond donors (Lipinski definition) is 1. The third-order valence-corrected chi connectivity index (χ3v) is 9.76. The van der Waals surface area contributed by atoms with Crippen LogP contribution in [0.1, 0.15) is 30.3 Å². The van der Waals surface area contributed by atoms with Crippen molar-refractivity contribution in [2.45, 2.75) is 37.6 Å². The minimum atomic E-state index is -4.33. The van der Waals surface area contributed by atoms with E-state index in [1.165, 1.54) is 11.3 Å². The molecule has 0 spiro atoms. The van der Waals surface area contributed by atoms with E-state index in [9.17, 15) is 25.9 Å². The summed E-state index contributed by atoms with van der Waals surface area (Å²) in [6.07, 6.45) is 3.26. The lowest BCUT2D eigenvalue weighted by molar-refractivity contribution is -0.668. The minimum Gasteiger partial charge on any atom is -0.748 e. The molecule has 0 radical (unpaired) electrons. The Balaban J connectivity index is 1.74. The van der Waals surface area contributed by atoms with E-state index in [1.807, 2.05) is 33.7 Å². The first-order chi connectivity index (χ1) is 16.9. The zero-order valence-corrected chi connectivity index (χ0v) is 23.4. The Morgan fingerprint density at radius 1 is 1.11 bits per heavy atom. The van der Waals surface area contributed by atoms with Gasteiger partial charge in [-0.1, -0.05) is 47.7 Å². The first-order valence-corrected chi connectivity index (χ1v) is 16.4. The van der Waals surface area contributed by atoms with E-state index in [0.717, 1.165) is 42.8 Å². The summed E-state index contributed by atoms with van der Waals surface area (Å²) in [6, 6.07) is 11.7. The van der Waals surface area contributed by atoms with Crippen molar-refractivity contribution in [2.24, 2.45) is 0 Å². The number of anilines is 1. The van der Waals surface area contributed by atoms with E-state index in [2.05, 4.69) is 19.1 Å². The van der Waals surface area contributed by atoms with E-state index < -0.39 is 26.0 Å². The van der Waals surface area contributed by atoms with Gasteiger partial charge < -0.3 is 9.45 Å². The van der Waals surface area contributed by atoms with E-state index in [-0.39, 0.29) is 18.6 Å². The molecule has 0 saturated heterocycles. The summed E-state index contributed by atoms with van der Waals surface area (Å²) < 4.78 is 68.2. The van der Waals surface area contributed by atoms with E-state index >= 15 is 0 Å². The second-order valence-electron chi connectivity index (χ2n) is 8.35. The lowest BCUT2D eigenvalue weighted by Gasteiger charge is -2.20. The fourth-order valence-electron chi connectivity index (χ4n) is 4.03. The van der Waals surface area contributed by atoms with Crippen LogP contribution in [0, 0.1) is 0 Å². The van der Waals surface area contributed by atoms with Crippen LogP contribution in [0.5, 0.6) is 0 Å². The number of aryl methyl sites for hydroxylation is 2. The number of thiazole rings is 1. The Morgan fingerprint density at radius 3 is 2.58 bits per heavy atom. The van der Waals surface area contributed by atoms with Crippen LogP contribution < -0.4 is 9.47 Å². The number of fused-ring (bicyclic) bond motifs is 2. The molecule has 2 heterocycles. The third-order valence-electron chi connectivity index (χ3n) is 5.70. The molecule has 0 aliphatic carbocycles. The molecule has 2 aromatic carbocycles. The zero-order chi connectivity index (χ0) is 26.1. The summed E-state index contributed by atoms with van der Waals surface area (Å²) in [5.74, 6) is -0.801. The van der Waals surface area contributed by atoms with Gasteiger partial charge in [-0.15, -0.1) is 0 Å². The van der Waals surface area contributed by atoms with Crippen LogP contribution in [0.3, 0.4) is 0 Å². The Labute approximate surface area is 224 Å². The van der Waals surface area contributed by atoms with Crippen molar-refractivity contribution in [2.75, 3.05) is 23.0 Å². The molecule has 0 fully saturated rings. The number of aromatic nitrogens is 1. The molecule has 1 N–H and O–H groups in total. The first-order valence-electron chi connectivity index (χ1n) is 11.2. The van der Waals surface area contributed by atoms with Crippen LogP contribution in [-0.2, 0) is 33.2 Å². The van der Waals surface area contributed by atoms with Crippen molar-refractivity contribution < 1.29 is 30.5 Å². The molecule has 0 unspecified atom stereocenters. The van der Waals surface area contributed by atoms with Crippen molar-refractivity contribution in [3.05, 3.63) is 57.0 Å². The summed E-state index contributed by atoms with van der Waals surface area (Å²) in [5.41, 5.74) is 2.98. The van der Waals surface area contributed by atoms with Gasteiger partial charge in [-0.3, -0.25) is 4.55 Å². The summed E-state index contributed by atoms with van der Waals surface area (Å²) in [5, 5.41) is 2.28. The molecule has 13 heteroatoms. The van der Waals surface area contributed by atoms with Crippen molar-refractivity contribution in [3.63, 3.8) is 0 Å². The van der Waals surface area contributed by atoms with Crippen LogP contribution in [0.25, 0.3) is 16.3 Å². The second-order valence-corrected chi connectivity index (χ2v) is 14.0. The molecule has 1 aliphatic heterocycles. The maximum atomic E-state index is 11.3. The van der Waals surface area contributed by atoms with Gasteiger partial charge in [-0.25, -0.2) is 8.42 Å². The highest BCUT2D eigenvalue weighted by molar-refractivity contribution is 8.04. The molecule has 1 aromatic heterocycles. The smallest absolute Gasteiger partial charge is 0.265 e. The number of benzene rings is 2. The maximum Gasteiger partial charge on any atom is 0.265 e. The normalized spacial score (nSPS) is 15.2. The van der Waals surface area contributed by atoms with Crippen molar-refractivity contribution in [1.29, 1.82) is 0 Å². The molecule has 3 aromatic rings. The van der Waals surface area contributed by atoms with Gasteiger partial charge in [0.25, 0.3) is 15.1 Å². The summed E-state index contributed by atoms with van der Waals surface area (Å²) >= 11 is 9.31. The van der Waals surface area contributed by atoms with Gasteiger partial charge >= 0.3 is 0 Å². The molecule has 4 rings (SSSR count). The van der Waals surface area contributed by atoms with Crippen LogP contribution in [0.2, 0.25) is 5.02 Å². The lowest BCUT2D eigenvalue weighted by atomic mass is 10.1. The number of rotatable bonds is 10. The van der Waals surface area contributed by atoms with Gasteiger partial charge in [0.05, 0.1) is 32.7 Å². The Kier molecular flexibility index (Phi) is 8.35. The molecule has 1 aliphatic rings. The van der Waals surface area contributed by atoms with Gasteiger partial charge in [0.1, 0.15) is 4.70 Å². The van der Waals surface area contributed by atoms with E-state index in [1.54, 1.807) is 17.8 Å². The number of halogens is 1. The summed E-state index contributed by atoms with van der Waals surface area (Å²) in [7, 11) is -8.41. The summed E-state index contributed by atoms with van der Waals surface area (Å²) in [4.78, 5) is 3.09. The lowest BCUT2D eigenvalue weighted by Crippen LogP contribution is -2.36. The van der Waals surface area contributed by atoms with Crippen molar-refractivity contribution >= 4 is 76.9 Å². The molecule has 0 amide bonds. The zero-order valence-electron chi connectivity index (χ0n) is 19.4. The van der Waals surface area contributed by atoms with Gasteiger partial charge in [-0.05, 0) is 42.7 Å². The van der Waals surface area contributed by atoms with Crippen LogP contribution in [0.4, 0.5) is 5.69 Å². The van der Waals surface area contributed by atoms with Crippen LogP contribution in [0.15, 0.2) is 46.3 Å². The summed E-state index contributed by atoms with van der Waals surface area (Å²) in [6.45, 7) is 2.78. The Hall–Kier alpha value is -1.67. The average molecular weight is 589 g/mol. The van der Waals surface area contributed by atoms with Gasteiger partial charge in [0.15, 0.2) is 6.54 Å². The Morgan fingerprint density at radius 2 is 1.89 bits per heavy atom. The third kappa shape index (κ3) is 6.80. The van der Waals surface area contributed by atoms with Crippen LogP contribution >= 0.6 is 34.7 Å². The van der Waals surface area contributed by atoms with Gasteiger partial charge in [0.2, 0.25) is 5.52 Å². The predicted octanol–water partition coefficient (Wildman–Crippen LogP) is 4.53. The highest BCUT2D eigenvalue weighted by Gasteiger charge is 2.28. The standard InChI is InChI=1S/C23H25ClN2O6S4/c1-2-16-5-7-20-18(13-16)25(9-3-11-35(27,28)29)22(33-20)15-23-26(10-4-12-36(30,31)32)19-14-17(24)6-8-21(19)34-23/h5-8,13-15H,2-4,9-12H2,1H3,(H-,27,28,29,30,31,32). The predicted molar refractivity (Wildman–Crippen MR) is 144 cm³/mol. The molecule has 194 valence electrons. The highest BCUT2D eigenvalue weighted by Crippen LogP contribution is 2.47. The minimum absolute atomic E-state index is 0.163.